The van der Waals surface area contributed by atoms with Crippen molar-refractivity contribution in [3.05, 3.63) is 53.6 Å². The molecule has 0 aromatic heterocycles. The van der Waals surface area contributed by atoms with Crippen molar-refractivity contribution in [3.8, 4) is 17.2 Å². The Morgan fingerprint density at radius 1 is 1.09 bits per heavy atom. The van der Waals surface area contributed by atoms with Crippen LogP contribution in [0.15, 0.2) is 42.5 Å². The van der Waals surface area contributed by atoms with Crippen LogP contribution in [0.2, 0.25) is 0 Å². The molecule has 2 aromatic rings. The van der Waals surface area contributed by atoms with Gasteiger partial charge in [-0.3, -0.25) is 9.59 Å². The predicted octanol–water partition coefficient (Wildman–Crippen LogP) is 1.30. The third-order valence-corrected chi connectivity index (χ3v) is 8.20. The zero-order chi connectivity index (χ0) is 25.2. The van der Waals surface area contributed by atoms with E-state index in [1.54, 1.807) is 38.1 Å². The first kappa shape index (κ1) is 24.8. The highest BCUT2D eigenvalue weighted by Gasteiger charge is 2.42. The first-order chi connectivity index (χ1) is 16.7. The van der Waals surface area contributed by atoms with Crippen molar-refractivity contribution in [1.82, 2.24) is 14.9 Å². The van der Waals surface area contributed by atoms with Crippen molar-refractivity contribution >= 4 is 21.8 Å². The number of sulfonamides is 1. The first-order valence-electron chi connectivity index (χ1n) is 11.3. The molecule has 2 aromatic carbocycles. The van der Waals surface area contributed by atoms with Crippen molar-refractivity contribution in [2.24, 2.45) is 0 Å². The smallest absolute Gasteiger partial charge is 0.258 e. The Morgan fingerprint density at radius 2 is 1.83 bits per heavy atom. The van der Waals surface area contributed by atoms with E-state index in [0.29, 0.717) is 18.0 Å². The van der Waals surface area contributed by atoms with Gasteiger partial charge in [-0.1, -0.05) is 12.1 Å². The van der Waals surface area contributed by atoms with Crippen molar-refractivity contribution in [1.29, 1.82) is 0 Å². The van der Waals surface area contributed by atoms with Crippen molar-refractivity contribution < 1.29 is 32.2 Å². The predicted molar refractivity (Wildman–Crippen MR) is 128 cm³/mol. The number of hydrogen-bond acceptors (Lipinski definition) is 7. The van der Waals surface area contributed by atoms with Crippen LogP contribution in [0.3, 0.4) is 0 Å². The van der Waals surface area contributed by atoms with Crippen molar-refractivity contribution in [2.45, 2.75) is 37.8 Å². The van der Waals surface area contributed by atoms with Gasteiger partial charge in [0.1, 0.15) is 11.9 Å². The number of rotatable bonds is 3. The van der Waals surface area contributed by atoms with Gasteiger partial charge in [0.05, 0.1) is 24.9 Å². The molecular weight excluding hydrogens is 474 g/mol. The second-order valence-corrected chi connectivity index (χ2v) is 11.2. The van der Waals surface area contributed by atoms with Gasteiger partial charge in [0.15, 0.2) is 18.1 Å². The van der Waals surface area contributed by atoms with E-state index in [2.05, 4.69) is 10.6 Å². The third-order valence-electron chi connectivity index (χ3n) is 5.99. The van der Waals surface area contributed by atoms with Crippen LogP contribution in [0, 0.1) is 0 Å². The van der Waals surface area contributed by atoms with Gasteiger partial charge in [-0.2, -0.15) is 4.31 Å². The molecule has 35 heavy (non-hydrogen) atoms. The van der Waals surface area contributed by atoms with E-state index in [0.717, 1.165) is 5.56 Å². The molecule has 1 fully saturated rings. The van der Waals surface area contributed by atoms with E-state index < -0.39 is 33.3 Å². The molecule has 0 unspecified atom stereocenters. The SMILES string of the molecule is COc1ccc2cc1OCC(=O)NCc1ccc(cc1)O[C@H]1CN(S(=O)(=O)C(C)C)C[C@@H]1NC2=O. The fraction of sp³-hybridized carbons (Fsp3) is 0.417. The second kappa shape index (κ2) is 10.1. The maximum atomic E-state index is 13.1. The maximum absolute atomic E-state index is 13.1. The van der Waals surface area contributed by atoms with E-state index in [9.17, 15) is 18.0 Å². The molecule has 11 heteroatoms. The van der Waals surface area contributed by atoms with Crippen molar-refractivity contribution in [2.75, 3.05) is 26.8 Å². The van der Waals surface area contributed by atoms with Crippen LogP contribution in [0.5, 0.6) is 17.2 Å². The molecule has 188 valence electrons. The lowest BCUT2D eigenvalue weighted by Gasteiger charge is -2.21. The van der Waals surface area contributed by atoms with E-state index in [1.807, 2.05) is 12.1 Å². The summed E-state index contributed by atoms with van der Waals surface area (Å²) >= 11 is 0. The summed E-state index contributed by atoms with van der Waals surface area (Å²) in [5, 5.41) is 5.10. The van der Waals surface area contributed by atoms with Crippen LogP contribution in [0.25, 0.3) is 0 Å². The maximum Gasteiger partial charge on any atom is 0.258 e. The Bertz CT molecular complexity index is 1200. The summed E-state index contributed by atoms with van der Waals surface area (Å²) in [4.78, 5) is 25.4. The average Bonchev–Trinajstić information content (AvgIpc) is 3.24. The second-order valence-electron chi connectivity index (χ2n) is 8.72. The molecule has 0 spiro atoms. The molecule has 1 saturated heterocycles. The average molecular weight is 504 g/mol. The molecule has 2 amide bonds. The lowest BCUT2D eigenvalue weighted by atomic mass is 10.1. The van der Waals surface area contributed by atoms with E-state index >= 15 is 0 Å². The van der Waals surface area contributed by atoms with Gasteiger partial charge in [-0.05, 0) is 49.7 Å². The normalized spacial score (nSPS) is 21.4. The Balaban J connectivity index is 1.67. The number of fused-ring (bicyclic) bond motifs is 7. The Morgan fingerprint density at radius 3 is 2.51 bits per heavy atom. The number of carbonyl (C=O) groups excluding carboxylic acids is 2. The number of ether oxygens (including phenoxy) is 3. The van der Waals surface area contributed by atoms with Gasteiger partial charge in [0.25, 0.3) is 11.8 Å². The number of nitrogens with zero attached hydrogens (tertiary/aromatic N) is 1. The van der Waals surface area contributed by atoms with Gasteiger partial charge in [0.2, 0.25) is 10.0 Å². The summed E-state index contributed by atoms with van der Waals surface area (Å²) in [7, 11) is -2.08. The number of nitrogens with one attached hydrogen (secondary N) is 2. The van der Waals surface area contributed by atoms with E-state index in [-0.39, 0.29) is 36.9 Å². The highest BCUT2D eigenvalue weighted by molar-refractivity contribution is 7.89. The van der Waals surface area contributed by atoms with Crippen LogP contribution < -0.4 is 24.8 Å². The Hall–Kier alpha value is -3.31. The Labute approximate surface area is 204 Å². The minimum absolute atomic E-state index is 0.0902. The zero-order valence-electron chi connectivity index (χ0n) is 19.8. The summed E-state index contributed by atoms with van der Waals surface area (Å²) in [5.41, 5.74) is 1.13. The third kappa shape index (κ3) is 5.51. The molecule has 5 rings (SSSR count). The summed E-state index contributed by atoms with van der Waals surface area (Å²) in [6.07, 6.45) is -0.595. The van der Waals surface area contributed by atoms with Crippen LogP contribution in [-0.4, -0.2) is 68.7 Å². The lowest BCUT2D eigenvalue weighted by Crippen LogP contribution is -2.45. The molecule has 3 aliphatic rings. The van der Waals surface area contributed by atoms with Gasteiger partial charge < -0.3 is 24.8 Å². The highest BCUT2D eigenvalue weighted by atomic mass is 32.2. The molecule has 0 radical (unpaired) electrons. The fourth-order valence-electron chi connectivity index (χ4n) is 3.94. The van der Waals surface area contributed by atoms with Crippen LogP contribution in [0.4, 0.5) is 0 Å². The van der Waals surface area contributed by atoms with Gasteiger partial charge in [-0.25, -0.2) is 8.42 Å². The summed E-state index contributed by atoms with van der Waals surface area (Å²) in [6.45, 7) is 3.49. The molecule has 2 atom stereocenters. The summed E-state index contributed by atoms with van der Waals surface area (Å²) in [5.74, 6) is 0.398. The molecule has 10 nitrogen and oxygen atoms in total. The molecule has 0 aliphatic carbocycles. The van der Waals surface area contributed by atoms with Gasteiger partial charge in [0, 0.05) is 18.7 Å². The van der Waals surface area contributed by atoms with Crippen LogP contribution >= 0.6 is 0 Å². The van der Waals surface area contributed by atoms with E-state index in [1.165, 1.54) is 17.5 Å². The monoisotopic (exact) mass is 503 g/mol. The number of methoxy groups -OCH3 is 1. The number of hydrogen-bond donors (Lipinski definition) is 2. The first-order valence-corrected chi connectivity index (χ1v) is 12.8. The number of benzene rings is 2. The molecule has 2 N–H and O–H groups in total. The van der Waals surface area contributed by atoms with Crippen LogP contribution in [0.1, 0.15) is 29.8 Å². The summed E-state index contributed by atoms with van der Waals surface area (Å²) in [6, 6.07) is 11.2. The quantitative estimate of drug-likeness (QED) is 0.647. The fourth-order valence-corrected chi connectivity index (χ4v) is 5.26. The van der Waals surface area contributed by atoms with Crippen molar-refractivity contribution in [3.63, 3.8) is 0 Å². The molecular formula is C24H29N3O7S. The number of carbonyl (C=O) groups is 2. The zero-order valence-corrected chi connectivity index (χ0v) is 20.6. The largest absolute Gasteiger partial charge is 0.493 e. The number of amides is 2. The molecule has 3 heterocycles. The Kier molecular flexibility index (Phi) is 7.18. The molecule has 4 bridgehead atoms. The minimum Gasteiger partial charge on any atom is -0.493 e. The van der Waals surface area contributed by atoms with Crippen LogP contribution in [-0.2, 0) is 21.4 Å². The topological polar surface area (TPSA) is 123 Å². The highest BCUT2D eigenvalue weighted by Crippen LogP contribution is 2.29. The molecule has 0 saturated carbocycles. The minimum atomic E-state index is -3.54. The standard InChI is InChI=1S/C24H29N3O7S/c1-15(2)35(30,31)27-12-19-22(13-27)34-18-7-4-16(5-8-18)11-25-23(28)14-33-21-10-17(24(29)26-19)6-9-20(21)32-3/h4-10,15,19,22H,11-14H2,1-3H3,(H,25,28)(H,26,29)/t19-,22-/m0/s1. The van der Waals surface area contributed by atoms with E-state index in [4.69, 9.17) is 14.2 Å². The summed E-state index contributed by atoms with van der Waals surface area (Å²) < 4.78 is 44.1. The van der Waals surface area contributed by atoms with Gasteiger partial charge >= 0.3 is 0 Å². The lowest BCUT2D eigenvalue weighted by molar-refractivity contribution is -0.123. The van der Waals surface area contributed by atoms with Gasteiger partial charge in [-0.15, -0.1) is 0 Å². The molecule has 3 aliphatic heterocycles.